The van der Waals surface area contributed by atoms with Crippen LogP contribution in [0.4, 0.5) is 0 Å². The molecule has 2 rings (SSSR count). The Morgan fingerprint density at radius 2 is 2.35 bits per heavy atom. The zero-order valence-corrected chi connectivity index (χ0v) is 10.5. The van der Waals surface area contributed by atoms with Crippen LogP contribution in [0.1, 0.15) is 37.9 Å². The number of nitrogens with two attached hydrogens (primary N) is 1. The minimum absolute atomic E-state index is 0.138. The summed E-state index contributed by atoms with van der Waals surface area (Å²) >= 11 is 0. The van der Waals surface area contributed by atoms with Crippen molar-refractivity contribution >= 4 is 5.78 Å². The summed E-state index contributed by atoms with van der Waals surface area (Å²) < 4.78 is 1.97. The van der Waals surface area contributed by atoms with Gasteiger partial charge in [-0.3, -0.25) is 4.79 Å². The van der Waals surface area contributed by atoms with Gasteiger partial charge in [0, 0.05) is 38.7 Å². The lowest BCUT2D eigenvalue weighted by Gasteiger charge is -2.40. The fourth-order valence-electron chi connectivity index (χ4n) is 2.53. The Balaban J connectivity index is 1.80. The van der Waals surface area contributed by atoms with Crippen molar-refractivity contribution in [1.82, 2.24) is 9.55 Å². The molecule has 0 unspecified atom stereocenters. The molecule has 0 amide bonds. The largest absolute Gasteiger partial charge is 0.338 e. The molecule has 0 radical (unpaired) electrons. The van der Waals surface area contributed by atoms with E-state index in [2.05, 4.69) is 4.98 Å². The quantitative estimate of drug-likeness (QED) is 0.811. The van der Waals surface area contributed by atoms with Gasteiger partial charge < -0.3 is 10.3 Å². The molecular formula is C13H21N3O. The molecule has 0 atom stereocenters. The lowest BCUT2D eigenvalue weighted by Crippen LogP contribution is -2.39. The second kappa shape index (κ2) is 5.00. The zero-order valence-electron chi connectivity index (χ0n) is 10.5. The van der Waals surface area contributed by atoms with Crippen LogP contribution < -0.4 is 5.73 Å². The van der Waals surface area contributed by atoms with E-state index in [4.69, 9.17) is 5.73 Å². The van der Waals surface area contributed by atoms with E-state index in [-0.39, 0.29) is 5.41 Å². The van der Waals surface area contributed by atoms with Gasteiger partial charge in [0.1, 0.15) is 11.6 Å². The molecule has 1 aliphatic carbocycles. The monoisotopic (exact) mass is 235 g/mol. The summed E-state index contributed by atoms with van der Waals surface area (Å²) in [5.41, 5.74) is 5.90. The second-order valence-electron chi connectivity index (χ2n) is 5.23. The zero-order chi connectivity index (χ0) is 12.3. The van der Waals surface area contributed by atoms with Crippen molar-refractivity contribution in [2.45, 2.75) is 38.5 Å². The molecule has 1 fully saturated rings. The molecule has 0 saturated heterocycles. The molecule has 1 aromatic rings. The number of nitrogens with zero attached hydrogens (tertiary/aromatic N) is 2. The summed E-state index contributed by atoms with van der Waals surface area (Å²) in [6, 6.07) is 0. The predicted octanol–water partition coefficient (Wildman–Crippen LogP) is 1.44. The first kappa shape index (κ1) is 12.3. The first-order valence-electron chi connectivity index (χ1n) is 6.33. The van der Waals surface area contributed by atoms with Crippen LogP contribution in [0.3, 0.4) is 0 Å². The van der Waals surface area contributed by atoms with Crippen molar-refractivity contribution in [2.24, 2.45) is 18.2 Å². The van der Waals surface area contributed by atoms with Gasteiger partial charge in [0.05, 0.1) is 0 Å². The van der Waals surface area contributed by atoms with E-state index in [0.717, 1.165) is 25.1 Å². The number of ketones is 1. The highest BCUT2D eigenvalue weighted by Gasteiger charge is 2.37. The molecule has 0 aliphatic heterocycles. The molecule has 0 spiro atoms. The van der Waals surface area contributed by atoms with Crippen LogP contribution in [0.5, 0.6) is 0 Å². The molecule has 1 heterocycles. The van der Waals surface area contributed by atoms with Gasteiger partial charge in [-0.15, -0.1) is 0 Å². The van der Waals surface area contributed by atoms with Gasteiger partial charge in [0.25, 0.3) is 0 Å². The maximum absolute atomic E-state index is 11.9. The Kier molecular flexibility index (Phi) is 3.62. The predicted molar refractivity (Wildman–Crippen MR) is 66.5 cm³/mol. The average molecular weight is 235 g/mol. The smallest absolute Gasteiger partial charge is 0.133 e. The van der Waals surface area contributed by atoms with E-state index < -0.39 is 0 Å². The Hall–Kier alpha value is -1.16. The minimum Gasteiger partial charge on any atom is -0.338 e. The number of carbonyl (C=O) groups is 1. The number of hydrogen-bond donors (Lipinski definition) is 1. The van der Waals surface area contributed by atoms with Gasteiger partial charge in [-0.05, 0) is 24.8 Å². The summed E-state index contributed by atoms with van der Waals surface area (Å²) in [7, 11) is 1.96. The minimum atomic E-state index is 0.138. The van der Waals surface area contributed by atoms with Crippen LogP contribution in [0.2, 0.25) is 0 Å². The van der Waals surface area contributed by atoms with Crippen molar-refractivity contribution in [3.63, 3.8) is 0 Å². The van der Waals surface area contributed by atoms with Gasteiger partial charge in [0.2, 0.25) is 0 Å². The SMILES string of the molecule is Cn1ccnc1CCC(=O)CC1(CN)CCC1. The van der Waals surface area contributed by atoms with E-state index in [1.54, 1.807) is 6.20 Å². The fourth-order valence-corrected chi connectivity index (χ4v) is 2.53. The lowest BCUT2D eigenvalue weighted by atomic mass is 9.66. The molecular weight excluding hydrogens is 214 g/mol. The highest BCUT2D eigenvalue weighted by molar-refractivity contribution is 5.79. The van der Waals surface area contributed by atoms with Gasteiger partial charge >= 0.3 is 0 Å². The normalized spacial score (nSPS) is 17.8. The van der Waals surface area contributed by atoms with E-state index in [1.807, 2.05) is 17.8 Å². The summed E-state index contributed by atoms with van der Waals surface area (Å²) in [6.07, 6.45) is 9.14. The Morgan fingerprint density at radius 3 is 2.82 bits per heavy atom. The molecule has 2 N–H and O–H groups in total. The highest BCUT2D eigenvalue weighted by atomic mass is 16.1. The molecule has 94 valence electrons. The Bertz CT molecular complexity index is 388. The maximum atomic E-state index is 11.9. The Morgan fingerprint density at radius 1 is 1.59 bits per heavy atom. The molecule has 0 bridgehead atoms. The molecule has 1 aromatic heterocycles. The van der Waals surface area contributed by atoms with Crippen molar-refractivity contribution in [3.8, 4) is 0 Å². The number of carbonyl (C=O) groups excluding carboxylic acids is 1. The van der Waals surface area contributed by atoms with Crippen molar-refractivity contribution in [3.05, 3.63) is 18.2 Å². The third kappa shape index (κ3) is 2.75. The van der Waals surface area contributed by atoms with Crippen LogP contribution in [-0.4, -0.2) is 21.9 Å². The topological polar surface area (TPSA) is 60.9 Å². The summed E-state index contributed by atoms with van der Waals surface area (Å²) in [4.78, 5) is 16.1. The lowest BCUT2D eigenvalue weighted by molar-refractivity contribution is -0.122. The first-order valence-corrected chi connectivity index (χ1v) is 6.33. The van der Waals surface area contributed by atoms with Crippen molar-refractivity contribution in [2.75, 3.05) is 6.54 Å². The molecule has 0 aromatic carbocycles. The third-order valence-corrected chi connectivity index (χ3v) is 3.97. The number of rotatable bonds is 6. The van der Waals surface area contributed by atoms with Crippen molar-refractivity contribution in [1.29, 1.82) is 0 Å². The molecule has 1 saturated carbocycles. The highest BCUT2D eigenvalue weighted by Crippen LogP contribution is 2.43. The summed E-state index contributed by atoms with van der Waals surface area (Å²) in [5.74, 6) is 1.31. The average Bonchev–Trinajstić information content (AvgIpc) is 2.67. The Labute approximate surface area is 102 Å². The van der Waals surface area contributed by atoms with E-state index in [1.165, 1.54) is 6.42 Å². The first-order chi connectivity index (χ1) is 8.15. The molecule has 4 nitrogen and oxygen atoms in total. The fraction of sp³-hybridized carbons (Fsp3) is 0.692. The number of Topliss-reactive ketones (excluding diaryl/α,β-unsaturated/α-hetero) is 1. The summed E-state index contributed by atoms with van der Waals surface area (Å²) in [6.45, 7) is 0.654. The van der Waals surface area contributed by atoms with Gasteiger partial charge in [-0.25, -0.2) is 4.98 Å². The second-order valence-corrected chi connectivity index (χ2v) is 5.23. The van der Waals surface area contributed by atoms with Crippen LogP contribution >= 0.6 is 0 Å². The van der Waals surface area contributed by atoms with Gasteiger partial charge in [-0.2, -0.15) is 0 Å². The summed E-state index contributed by atoms with van der Waals surface area (Å²) in [5, 5.41) is 0. The molecule has 4 heteroatoms. The number of imidazole rings is 1. The van der Waals surface area contributed by atoms with E-state index in [0.29, 0.717) is 25.2 Å². The van der Waals surface area contributed by atoms with Crippen LogP contribution in [0.15, 0.2) is 12.4 Å². The van der Waals surface area contributed by atoms with Crippen molar-refractivity contribution < 1.29 is 4.79 Å². The third-order valence-electron chi connectivity index (χ3n) is 3.97. The van der Waals surface area contributed by atoms with Gasteiger partial charge in [-0.1, -0.05) is 6.42 Å². The molecule has 17 heavy (non-hydrogen) atoms. The van der Waals surface area contributed by atoms with E-state index >= 15 is 0 Å². The van der Waals surface area contributed by atoms with Crippen LogP contribution in [0, 0.1) is 5.41 Å². The number of aryl methyl sites for hydroxylation is 2. The van der Waals surface area contributed by atoms with Crippen LogP contribution in [0.25, 0.3) is 0 Å². The number of aromatic nitrogens is 2. The number of hydrogen-bond acceptors (Lipinski definition) is 3. The van der Waals surface area contributed by atoms with Gasteiger partial charge in [0.15, 0.2) is 0 Å². The van der Waals surface area contributed by atoms with E-state index in [9.17, 15) is 4.79 Å². The maximum Gasteiger partial charge on any atom is 0.133 e. The van der Waals surface area contributed by atoms with Crippen LogP contribution in [-0.2, 0) is 18.3 Å². The standard InChI is InChI=1S/C13H21N3O/c1-16-8-7-15-12(16)4-3-11(17)9-13(10-14)5-2-6-13/h7-8H,2-6,9-10,14H2,1H3. The molecule has 1 aliphatic rings.